The molecular formula is C12H14BrFN2O3. The highest BCUT2D eigenvalue weighted by Gasteiger charge is 2.18. The van der Waals surface area contributed by atoms with Crippen molar-refractivity contribution >= 4 is 33.4 Å². The molecule has 7 heteroatoms. The molecule has 5 nitrogen and oxygen atoms in total. The molecule has 104 valence electrons. The summed E-state index contributed by atoms with van der Waals surface area (Å²) in [5.41, 5.74) is -0.0830. The summed E-state index contributed by atoms with van der Waals surface area (Å²) in [7, 11) is 0. The van der Waals surface area contributed by atoms with Crippen molar-refractivity contribution in [1.82, 2.24) is 5.32 Å². The number of amides is 2. The largest absolute Gasteiger partial charge is 0.394 e. The molecule has 1 aromatic rings. The number of aliphatic hydroxyl groups is 1. The van der Waals surface area contributed by atoms with Crippen LogP contribution in [-0.2, 0) is 9.59 Å². The van der Waals surface area contributed by atoms with Gasteiger partial charge in [0.15, 0.2) is 0 Å². The number of benzene rings is 1. The zero-order valence-corrected chi connectivity index (χ0v) is 11.8. The number of carbonyl (C=O) groups is 2. The third-order valence-corrected chi connectivity index (χ3v) is 2.93. The fraction of sp³-hybridized carbons (Fsp3) is 0.333. The van der Waals surface area contributed by atoms with Gasteiger partial charge in [-0.2, -0.15) is 0 Å². The summed E-state index contributed by atoms with van der Waals surface area (Å²) >= 11 is 3.08. The molecule has 0 saturated heterocycles. The van der Waals surface area contributed by atoms with Gasteiger partial charge in [0.25, 0.3) is 0 Å². The molecule has 3 N–H and O–H groups in total. The molecule has 1 aromatic carbocycles. The maximum Gasteiger partial charge on any atom is 0.313 e. The Morgan fingerprint density at radius 2 is 2.11 bits per heavy atom. The Kier molecular flexibility index (Phi) is 5.91. The lowest BCUT2D eigenvalue weighted by Crippen LogP contribution is -2.43. The highest BCUT2D eigenvalue weighted by atomic mass is 79.9. The van der Waals surface area contributed by atoms with E-state index >= 15 is 0 Å². The SMILES string of the molecule is CC[C@@H](CO)NC(=O)C(=O)Nc1ccc(Br)cc1F. The Labute approximate surface area is 118 Å². The number of hydrogen-bond acceptors (Lipinski definition) is 3. The zero-order chi connectivity index (χ0) is 14.4. The van der Waals surface area contributed by atoms with Crippen molar-refractivity contribution in [3.05, 3.63) is 28.5 Å². The second kappa shape index (κ2) is 7.20. The molecule has 0 fully saturated rings. The Hall–Kier alpha value is -1.47. The topological polar surface area (TPSA) is 78.4 Å². The van der Waals surface area contributed by atoms with E-state index in [1.165, 1.54) is 12.1 Å². The van der Waals surface area contributed by atoms with Crippen molar-refractivity contribution in [3.63, 3.8) is 0 Å². The molecule has 0 aliphatic carbocycles. The smallest absolute Gasteiger partial charge is 0.313 e. The molecule has 0 aliphatic rings. The van der Waals surface area contributed by atoms with Crippen molar-refractivity contribution in [2.45, 2.75) is 19.4 Å². The van der Waals surface area contributed by atoms with E-state index in [1.54, 1.807) is 13.0 Å². The molecule has 0 radical (unpaired) electrons. The molecule has 2 amide bonds. The second-order valence-corrected chi connectivity index (χ2v) is 4.76. The van der Waals surface area contributed by atoms with Crippen molar-refractivity contribution in [2.75, 3.05) is 11.9 Å². The first kappa shape index (κ1) is 15.6. The van der Waals surface area contributed by atoms with Gasteiger partial charge in [0.1, 0.15) is 5.82 Å². The van der Waals surface area contributed by atoms with E-state index in [4.69, 9.17) is 5.11 Å². The normalized spacial score (nSPS) is 11.8. The Bertz CT molecular complexity index is 478. The second-order valence-electron chi connectivity index (χ2n) is 3.84. The average molecular weight is 333 g/mol. The first-order valence-corrected chi connectivity index (χ1v) is 6.45. The molecule has 0 aromatic heterocycles. The van der Waals surface area contributed by atoms with E-state index in [-0.39, 0.29) is 12.3 Å². The van der Waals surface area contributed by atoms with Crippen LogP contribution in [0.25, 0.3) is 0 Å². The summed E-state index contributed by atoms with van der Waals surface area (Å²) in [5.74, 6) is -2.54. The molecular weight excluding hydrogens is 319 g/mol. The Morgan fingerprint density at radius 3 is 2.63 bits per heavy atom. The predicted octanol–water partition coefficient (Wildman–Crippen LogP) is 1.41. The van der Waals surface area contributed by atoms with Gasteiger partial charge in [-0.3, -0.25) is 9.59 Å². The van der Waals surface area contributed by atoms with Gasteiger partial charge in [0.05, 0.1) is 18.3 Å². The molecule has 0 saturated carbocycles. The minimum atomic E-state index is -0.979. The summed E-state index contributed by atoms with van der Waals surface area (Å²) < 4.78 is 14.0. The lowest BCUT2D eigenvalue weighted by Gasteiger charge is -2.13. The molecule has 0 spiro atoms. The van der Waals surface area contributed by atoms with E-state index in [9.17, 15) is 14.0 Å². The standard InChI is InChI=1S/C12H14BrFN2O3/c1-2-8(6-17)15-11(18)12(19)16-10-4-3-7(13)5-9(10)14/h3-5,8,17H,2,6H2,1H3,(H,15,18)(H,16,19)/t8-/m0/s1. The molecule has 1 atom stereocenters. The minimum absolute atomic E-state index is 0.0830. The van der Waals surface area contributed by atoms with Crippen LogP contribution in [0.15, 0.2) is 22.7 Å². The maximum atomic E-state index is 13.5. The van der Waals surface area contributed by atoms with Gasteiger partial charge in [-0.1, -0.05) is 22.9 Å². The van der Waals surface area contributed by atoms with Crippen molar-refractivity contribution in [2.24, 2.45) is 0 Å². The van der Waals surface area contributed by atoms with Crippen LogP contribution in [0.4, 0.5) is 10.1 Å². The van der Waals surface area contributed by atoms with E-state index in [0.717, 1.165) is 0 Å². The predicted molar refractivity (Wildman–Crippen MR) is 72.0 cm³/mol. The average Bonchev–Trinajstić information content (AvgIpc) is 2.38. The third kappa shape index (κ3) is 4.60. The van der Waals surface area contributed by atoms with Crippen molar-refractivity contribution < 1.29 is 19.1 Å². The molecule has 0 aliphatic heterocycles. The van der Waals surface area contributed by atoms with Gasteiger partial charge in [0.2, 0.25) is 0 Å². The summed E-state index contributed by atoms with van der Waals surface area (Å²) in [5, 5.41) is 13.4. The summed E-state index contributed by atoms with van der Waals surface area (Å²) in [6.45, 7) is 1.50. The Morgan fingerprint density at radius 1 is 1.42 bits per heavy atom. The van der Waals surface area contributed by atoms with Crippen LogP contribution in [0.2, 0.25) is 0 Å². The van der Waals surface area contributed by atoms with Crippen molar-refractivity contribution in [3.8, 4) is 0 Å². The van der Waals surface area contributed by atoms with Crippen LogP contribution < -0.4 is 10.6 Å². The van der Waals surface area contributed by atoms with Gasteiger partial charge in [-0.05, 0) is 24.6 Å². The number of hydrogen-bond donors (Lipinski definition) is 3. The van der Waals surface area contributed by atoms with Crippen LogP contribution in [0, 0.1) is 5.82 Å². The first-order chi connectivity index (χ1) is 8.97. The van der Waals surface area contributed by atoms with E-state index in [2.05, 4.69) is 26.6 Å². The number of anilines is 1. The quantitative estimate of drug-likeness (QED) is 0.729. The molecule has 1 rings (SSSR count). The lowest BCUT2D eigenvalue weighted by atomic mass is 10.2. The molecule has 0 unspecified atom stereocenters. The van der Waals surface area contributed by atoms with Gasteiger partial charge >= 0.3 is 11.8 Å². The fourth-order valence-electron chi connectivity index (χ4n) is 1.30. The van der Waals surface area contributed by atoms with Crippen LogP contribution in [-0.4, -0.2) is 29.6 Å². The van der Waals surface area contributed by atoms with Crippen LogP contribution in [0.5, 0.6) is 0 Å². The number of nitrogens with one attached hydrogen (secondary N) is 2. The van der Waals surface area contributed by atoms with E-state index in [1.807, 2.05) is 0 Å². The van der Waals surface area contributed by atoms with E-state index < -0.39 is 23.7 Å². The Balaban J connectivity index is 2.66. The van der Waals surface area contributed by atoms with Crippen molar-refractivity contribution in [1.29, 1.82) is 0 Å². The summed E-state index contributed by atoms with van der Waals surface area (Å²) in [6.07, 6.45) is 0.488. The summed E-state index contributed by atoms with van der Waals surface area (Å²) in [4.78, 5) is 23.0. The van der Waals surface area contributed by atoms with Gasteiger partial charge in [-0.15, -0.1) is 0 Å². The van der Waals surface area contributed by atoms with Crippen LogP contribution in [0.3, 0.4) is 0 Å². The number of halogens is 2. The summed E-state index contributed by atoms with van der Waals surface area (Å²) in [6, 6.07) is 3.57. The lowest BCUT2D eigenvalue weighted by molar-refractivity contribution is -0.136. The zero-order valence-electron chi connectivity index (χ0n) is 10.2. The van der Waals surface area contributed by atoms with Gasteiger partial charge < -0.3 is 15.7 Å². The number of rotatable bonds is 4. The van der Waals surface area contributed by atoms with E-state index in [0.29, 0.717) is 10.9 Å². The molecule has 0 heterocycles. The van der Waals surface area contributed by atoms with Gasteiger partial charge in [0, 0.05) is 4.47 Å². The fourth-order valence-corrected chi connectivity index (χ4v) is 1.63. The maximum absolute atomic E-state index is 13.5. The van der Waals surface area contributed by atoms with Crippen LogP contribution >= 0.6 is 15.9 Å². The molecule has 0 bridgehead atoms. The highest BCUT2D eigenvalue weighted by Crippen LogP contribution is 2.19. The highest BCUT2D eigenvalue weighted by molar-refractivity contribution is 9.10. The molecule has 19 heavy (non-hydrogen) atoms. The monoisotopic (exact) mass is 332 g/mol. The third-order valence-electron chi connectivity index (χ3n) is 2.43. The number of aliphatic hydroxyl groups excluding tert-OH is 1. The van der Waals surface area contributed by atoms with Gasteiger partial charge in [-0.25, -0.2) is 4.39 Å². The van der Waals surface area contributed by atoms with Crippen LogP contribution in [0.1, 0.15) is 13.3 Å². The number of carbonyl (C=O) groups excluding carboxylic acids is 2. The first-order valence-electron chi connectivity index (χ1n) is 5.65. The minimum Gasteiger partial charge on any atom is -0.394 e.